The molecule has 1 aromatic carbocycles. The second-order valence-corrected chi connectivity index (χ2v) is 6.31. The molecule has 1 atom stereocenters. The Bertz CT molecular complexity index is 630. The third-order valence-electron chi connectivity index (χ3n) is 4.27. The van der Waals surface area contributed by atoms with Gasteiger partial charge in [-0.1, -0.05) is 13.8 Å². The number of aryl methyl sites for hydroxylation is 1. The number of likely N-dealkylation sites (N-methyl/N-ethyl adjacent to an activating group) is 1. The molecular weight excluding hydrogens is 320 g/mol. The molecule has 0 heterocycles. The van der Waals surface area contributed by atoms with E-state index in [4.69, 9.17) is 4.74 Å². The van der Waals surface area contributed by atoms with Gasteiger partial charge in [0.05, 0.1) is 5.69 Å². The molecule has 138 valence electrons. The van der Waals surface area contributed by atoms with E-state index >= 15 is 0 Å². The van der Waals surface area contributed by atoms with Crippen LogP contribution in [0.2, 0.25) is 0 Å². The van der Waals surface area contributed by atoms with Gasteiger partial charge < -0.3 is 15.0 Å². The van der Waals surface area contributed by atoms with Gasteiger partial charge in [-0.25, -0.2) is 0 Å². The third kappa shape index (κ3) is 5.59. The number of hydrogen-bond donors (Lipinski definition) is 1. The molecule has 0 aliphatic rings. The van der Waals surface area contributed by atoms with Gasteiger partial charge in [0.15, 0.2) is 11.9 Å². The lowest BCUT2D eigenvalue weighted by atomic mass is 10.0. The van der Waals surface area contributed by atoms with E-state index in [0.717, 1.165) is 18.1 Å². The summed E-state index contributed by atoms with van der Waals surface area (Å²) in [6.45, 7) is 8.26. The summed E-state index contributed by atoms with van der Waals surface area (Å²) in [6.07, 6.45) is 2.56. The second kappa shape index (κ2) is 9.20. The molecule has 0 radical (unpaired) electrons. The van der Waals surface area contributed by atoms with Crippen LogP contribution in [0, 0.1) is 6.92 Å². The lowest BCUT2D eigenvalue weighted by Gasteiger charge is -2.29. The van der Waals surface area contributed by atoms with Crippen molar-refractivity contribution in [2.24, 2.45) is 0 Å². The topological polar surface area (TPSA) is 75.7 Å². The van der Waals surface area contributed by atoms with Gasteiger partial charge in [-0.2, -0.15) is 0 Å². The summed E-state index contributed by atoms with van der Waals surface area (Å²) in [5.41, 5.74) is 1.13. The number of aldehydes is 2. The predicted octanol–water partition coefficient (Wildman–Crippen LogP) is 2.52. The molecule has 0 bridgehead atoms. The Morgan fingerprint density at radius 3 is 2.52 bits per heavy atom. The Morgan fingerprint density at radius 2 is 2.00 bits per heavy atom. The predicted molar refractivity (Wildman–Crippen MR) is 98.5 cm³/mol. The van der Waals surface area contributed by atoms with Crippen LogP contribution in [0.25, 0.3) is 0 Å². The van der Waals surface area contributed by atoms with Crippen LogP contribution >= 0.6 is 0 Å². The first-order chi connectivity index (χ1) is 11.8. The minimum absolute atomic E-state index is 0.0122. The highest BCUT2D eigenvalue weighted by molar-refractivity contribution is 5.81. The summed E-state index contributed by atoms with van der Waals surface area (Å²) in [7, 11) is 1.86. The van der Waals surface area contributed by atoms with Crippen LogP contribution in [0.5, 0.6) is 5.75 Å². The van der Waals surface area contributed by atoms with Crippen molar-refractivity contribution in [2.75, 3.05) is 25.0 Å². The Labute approximate surface area is 149 Å². The Balaban J connectivity index is 3.10. The average molecular weight is 348 g/mol. The van der Waals surface area contributed by atoms with Crippen molar-refractivity contribution in [1.29, 1.82) is 0 Å². The molecule has 0 fully saturated rings. The summed E-state index contributed by atoms with van der Waals surface area (Å²) >= 11 is 0. The van der Waals surface area contributed by atoms with E-state index in [1.54, 1.807) is 26.0 Å². The van der Waals surface area contributed by atoms with Gasteiger partial charge in [-0.3, -0.25) is 14.4 Å². The Morgan fingerprint density at radius 1 is 1.32 bits per heavy atom. The zero-order valence-electron chi connectivity index (χ0n) is 15.7. The summed E-state index contributed by atoms with van der Waals surface area (Å²) in [5, 5.41) is 2.82. The zero-order valence-corrected chi connectivity index (χ0v) is 15.7. The number of anilines is 1. The smallest absolute Gasteiger partial charge is 0.219 e. The van der Waals surface area contributed by atoms with Crippen molar-refractivity contribution in [3.63, 3.8) is 0 Å². The molecule has 1 aromatic rings. The molecule has 1 amide bonds. The van der Waals surface area contributed by atoms with Crippen molar-refractivity contribution in [3.8, 4) is 5.75 Å². The zero-order chi connectivity index (χ0) is 19.0. The number of benzene rings is 1. The SMILES string of the molecule is CCC(=O)NCCN(C)c1cc(C=O)c(C)cc1OC(C)(C=O)CC. The summed E-state index contributed by atoms with van der Waals surface area (Å²) in [5.74, 6) is 0.533. The van der Waals surface area contributed by atoms with Crippen molar-refractivity contribution < 1.29 is 19.1 Å². The molecule has 0 spiro atoms. The number of nitrogens with one attached hydrogen (secondary N) is 1. The highest BCUT2D eigenvalue weighted by Crippen LogP contribution is 2.33. The number of hydrogen-bond acceptors (Lipinski definition) is 5. The van der Waals surface area contributed by atoms with Crippen LogP contribution in [0.15, 0.2) is 12.1 Å². The average Bonchev–Trinajstić information content (AvgIpc) is 2.61. The summed E-state index contributed by atoms with van der Waals surface area (Å²) in [6, 6.07) is 3.53. The fraction of sp³-hybridized carbons (Fsp3) is 0.526. The molecule has 6 heteroatoms. The van der Waals surface area contributed by atoms with Crippen molar-refractivity contribution >= 4 is 24.2 Å². The normalized spacial score (nSPS) is 12.8. The molecule has 0 aliphatic carbocycles. The molecule has 0 saturated carbocycles. The van der Waals surface area contributed by atoms with E-state index < -0.39 is 5.60 Å². The van der Waals surface area contributed by atoms with Crippen LogP contribution in [-0.2, 0) is 9.59 Å². The second-order valence-electron chi connectivity index (χ2n) is 6.31. The first-order valence-electron chi connectivity index (χ1n) is 8.53. The summed E-state index contributed by atoms with van der Waals surface area (Å²) in [4.78, 5) is 35.9. The highest BCUT2D eigenvalue weighted by Gasteiger charge is 2.25. The number of ether oxygens (including phenoxy) is 1. The van der Waals surface area contributed by atoms with Gasteiger partial charge in [0.25, 0.3) is 0 Å². The maximum Gasteiger partial charge on any atom is 0.219 e. The van der Waals surface area contributed by atoms with Crippen LogP contribution in [0.3, 0.4) is 0 Å². The van der Waals surface area contributed by atoms with E-state index in [2.05, 4.69) is 5.32 Å². The van der Waals surface area contributed by atoms with Gasteiger partial charge >= 0.3 is 0 Å². The molecular formula is C19H28N2O4. The van der Waals surface area contributed by atoms with Gasteiger partial charge in [0.1, 0.15) is 12.0 Å². The van der Waals surface area contributed by atoms with E-state index in [9.17, 15) is 14.4 Å². The van der Waals surface area contributed by atoms with E-state index in [1.165, 1.54) is 0 Å². The fourth-order valence-corrected chi connectivity index (χ4v) is 2.23. The maximum atomic E-state index is 11.4. The van der Waals surface area contributed by atoms with Crippen LogP contribution in [-0.4, -0.2) is 44.2 Å². The Kier molecular flexibility index (Phi) is 7.61. The van der Waals surface area contributed by atoms with Crippen molar-refractivity contribution in [2.45, 2.75) is 46.1 Å². The Hall–Kier alpha value is -2.37. The number of rotatable bonds is 10. The largest absolute Gasteiger partial charge is 0.478 e. The van der Waals surface area contributed by atoms with Gasteiger partial charge in [0.2, 0.25) is 5.91 Å². The lowest BCUT2D eigenvalue weighted by molar-refractivity contribution is -0.121. The number of carbonyl (C=O) groups excluding carboxylic acids is 3. The van der Waals surface area contributed by atoms with Crippen molar-refractivity contribution in [3.05, 3.63) is 23.3 Å². The minimum atomic E-state index is -0.929. The minimum Gasteiger partial charge on any atom is -0.478 e. The van der Waals surface area contributed by atoms with Crippen molar-refractivity contribution in [1.82, 2.24) is 5.32 Å². The van der Waals surface area contributed by atoms with Crippen LogP contribution in [0.4, 0.5) is 5.69 Å². The third-order valence-corrected chi connectivity index (χ3v) is 4.27. The van der Waals surface area contributed by atoms with Crippen LogP contribution < -0.4 is 15.0 Å². The van der Waals surface area contributed by atoms with Gasteiger partial charge in [-0.15, -0.1) is 0 Å². The van der Waals surface area contributed by atoms with Gasteiger partial charge in [-0.05, 0) is 38.0 Å². The van der Waals surface area contributed by atoms with E-state index in [1.807, 2.05) is 25.8 Å². The molecule has 6 nitrogen and oxygen atoms in total. The lowest BCUT2D eigenvalue weighted by Crippen LogP contribution is -2.35. The quantitative estimate of drug-likeness (QED) is 0.658. The fourth-order valence-electron chi connectivity index (χ4n) is 2.23. The molecule has 1 N–H and O–H groups in total. The molecule has 0 aromatic heterocycles. The number of amides is 1. The molecule has 1 rings (SSSR count). The van der Waals surface area contributed by atoms with Crippen LogP contribution in [0.1, 0.15) is 49.5 Å². The monoisotopic (exact) mass is 348 g/mol. The van der Waals surface area contributed by atoms with E-state index in [-0.39, 0.29) is 5.91 Å². The van der Waals surface area contributed by atoms with E-state index in [0.29, 0.717) is 42.9 Å². The maximum absolute atomic E-state index is 11.4. The molecule has 0 saturated heterocycles. The molecule has 0 aliphatic heterocycles. The van der Waals surface area contributed by atoms with Gasteiger partial charge in [0, 0.05) is 32.1 Å². The number of nitrogens with zero attached hydrogens (tertiary/aromatic N) is 1. The first kappa shape index (κ1) is 20.7. The molecule has 1 unspecified atom stereocenters. The highest BCUT2D eigenvalue weighted by atomic mass is 16.5. The standard InChI is InChI=1S/C19H28N2O4/c1-6-18(24)20-8-9-21(5)16-11-15(12-22)14(3)10-17(16)25-19(4,7-2)13-23/h10-13H,6-9H2,1-5H3,(H,20,24). The summed E-state index contributed by atoms with van der Waals surface area (Å²) < 4.78 is 5.97. The molecule has 25 heavy (non-hydrogen) atoms. The number of carbonyl (C=O) groups is 3. The first-order valence-corrected chi connectivity index (χ1v) is 8.53.